The number of amides is 1. The summed E-state index contributed by atoms with van der Waals surface area (Å²) in [6.45, 7) is 9.17. The molecule has 1 amide bonds. The standard InChI is InChI=1S/C21H28ClN5O3/c1-16(14-20(28)27-10-12-29-13-11-27)26-8-6-25(7-9-26)15-19-23-21(24-30-19)17-2-4-18(22)5-3-17/h2-5,16H,6-15H2,1H3. The van der Waals surface area contributed by atoms with Crippen LogP contribution in [-0.2, 0) is 16.1 Å². The molecule has 3 heterocycles. The molecule has 0 bridgehead atoms. The highest BCUT2D eigenvalue weighted by molar-refractivity contribution is 6.30. The third kappa shape index (κ3) is 5.37. The molecule has 2 aromatic rings. The van der Waals surface area contributed by atoms with Gasteiger partial charge in [0.25, 0.3) is 0 Å². The number of nitrogens with zero attached hydrogens (tertiary/aromatic N) is 5. The van der Waals surface area contributed by atoms with Crippen LogP contribution in [0, 0.1) is 0 Å². The highest BCUT2D eigenvalue weighted by Crippen LogP contribution is 2.19. The topological polar surface area (TPSA) is 74.9 Å². The van der Waals surface area contributed by atoms with Gasteiger partial charge < -0.3 is 14.2 Å². The van der Waals surface area contributed by atoms with E-state index in [1.54, 1.807) is 0 Å². The molecule has 162 valence electrons. The molecular formula is C21H28ClN5O3. The van der Waals surface area contributed by atoms with Crippen molar-refractivity contribution in [2.75, 3.05) is 52.5 Å². The van der Waals surface area contributed by atoms with Crippen LogP contribution in [0.25, 0.3) is 11.4 Å². The van der Waals surface area contributed by atoms with Crippen molar-refractivity contribution in [3.8, 4) is 11.4 Å². The molecular weight excluding hydrogens is 406 g/mol. The van der Waals surface area contributed by atoms with E-state index in [9.17, 15) is 4.79 Å². The van der Waals surface area contributed by atoms with Gasteiger partial charge in [-0.1, -0.05) is 16.8 Å². The lowest BCUT2D eigenvalue weighted by Gasteiger charge is -2.38. The first-order valence-electron chi connectivity index (χ1n) is 10.5. The second-order valence-corrected chi connectivity index (χ2v) is 8.31. The molecule has 2 fully saturated rings. The number of piperazine rings is 1. The molecule has 8 nitrogen and oxygen atoms in total. The van der Waals surface area contributed by atoms with Gasteiger partial charge in [0, 0.05) is 62.3 Å². The van der Waals surface area contributed by atoms with E-state index in [0.29, 0.717) is 56.0 Å². The van der Waals surface area contributed by atoms with Crippen molar-refractivity contribution in [2.45, 2.75) is 25.9 Å². The summed E-state index contributed by atoms with van der Waals surface area (Å²) in [7, 11) is 0. The van der Waals surface area contributed by atoms with Crippen molar-refractivity contribution >= 4 is 17.5 Å². The molecule has 30 heavy (non-hydrogen) atoms. The van der Waals surface area contributed by atoms with Gasteiger partial charge in [0.1, 0.15) is 0 Å². The quantitative estimate of drug-likeness (QED) is 0.690. The summed E-state index contributed by atoms with van der Waals surface area (Å²) in [5, 5.41) is 4.77. The predicted molar refractivity (Wildman–Crippen MR) is 113 cm³/mol. The van der Waals surface area contributed by atoms with Crippen molar-refractivity contribution < 1.29 is 14.1 Å². The van der Waals surface area contributed by atoms with Crippen LogP contribution in [0.3, 0.4) is 0 Å². The molecule has 0 saturated carbocycles. The zero-order chi connectivity index (χ0) is 20.9. The highest BCUT2D eigenvalue weighted by Gasteiger charge is 2.26. The summed E-state index contributed by atoms with van der Waals surface area (Å²) in [6, 6.07) is 7.64. The van der Waals surface area contributed by atoms with E-state index < -0.39 is 0 Å². The SMILES string of the molecule is CC(CC(=O)N1CCOCC1)N1CCN(Cc2nc(-c3ccc(Cl)cc3)no2)CC1. The number of morpholine rings is 1. The fraction of sp³-hybridized carbons (Fsp3) is 0.571. The summed E-state index contributed by atoms with van der Waals surface area (Å²) < 4.78 is 10.8. The van der Waals surface area contributed by atoms with Gasteiger partial charge >= 0.3 is 0 Å². The molecule has 0 aliphatic carbocycles. The average molecular weight is 434 g/mol. The normalized spacial score (nSPS) is 19.7. The first kappa shape index (κ1) is 21.2. The van der Waals surface area contributed by atoms with Crippen molar-refractivity contribution in [3.05, 3.63) is 35.2 Å². The van der Waals surface area contributed by atoms with Crippen LogP contribution < -0.4 is 0 Å². The Kier molecular flexibility index (Phi) is 6.99. The van der Waals surface area contributed by atoms with E-state index in [2.05, 4.69) is 26.9 Å². The Morgan fingerprint density at radius 1 is 1.10 bits per heavy atom. The number of rotatable bonds is 6. The van der Waals surface area contributed by atoms with E-state index >= 15 is 0 Å². The number of hydrogen-bond acceptors (Lipinski definition) is 7. The Labute approximate surface area is 181 Å². The van der Waals surface area contributed by atoms with Crippen molar-refractivity contribution in [1.82, 2.24) is 24.8 Å². The Bertz CT molecular complexity index is 829. The fourth-order valence-corrected chi connectivity index (χ4v) is 4.04. The van der Waals surface area contributed by atoms with Gasteiger partial charge in [-0.25, -0.2) is 0 Å². The summed E-state index contributed by atoms with van der Waals surface area (Å²) in [6.07, 6.45) is 0.564. The predicted octanol–water partition coefficient (Wildman–Crippen LogP) is 2.14. The molecule has 0 radical (unpaired) electrons. The second-order valence-electron chi connectivity index (χ2n) is 7.88. The van der Waals surface area contributed by atoms with Gasteiger partial charge in [0.2, 0.25) is 17.6 Å². The molecule has 4 rings (SSSR count). The number of carbonyl (C=O) groups is 1. The van der Waals surface area contributed by atoms with Crippen LogP contribution in [0.15, 0.2) is 28.8 Å². The van der Waals surface area contributed by atoms with Gasteiger partial charge in [0.15, 0.2) is 0 Å². The van der Waals surface area contributed by atoms with Gasteiger partial charge in [0.05, 0.1) is 19.8 Å². The molecule has 1 aromatic heterocycles. The Balaban J connectivity index is 1.23. The monoisotopic (exact) mass is 433 g/mol. The van der Waals surface area contributed by atoms with Gasteiger partial charge in [-0.3, -0.25) is 14.6 Å². The Hall–Kier alpha value is -2.00. The molecule has 2 saturated heterocycles. The van der Waals surface area contributed by atoms with Gasteiger partial charge in [-0.15, -0.1) is 0 Å². The van der Waals surface area contributed by atoms with Crippen LogP contribution in [0.2, 0.25) is 5.02 Å². The lowest BCUT2D eigenvalue weighted by molar-refractivity contribution is -0.136. The lowest BCUT2D eigenvalue weighted by atomic mass is 10.1. The van der Waals surface area contributed by atoms with E-state index in [1.807, 2.05) is 29.2 Å². The van der Waals surface area contributed by atoms with Crippen LogP contribution in [0.5, 0.6) is 0 Å². The molecule has 1 atom stereocenters. The molecule has 2 aliphatic rings. The van der Waals surface area contributed by atoms with Crippen LogP contribution in [0.4, 0.5) is 0 Å². The third-order valence-electron chi connectivity index (χ3n) is 5.79. The van der Waals surface area contributed by atoms with Gasteiger partial charge in [-0.2, -0.15) is 4.98 Å². The van der Waals surface area contributed by atoms with E-state index in [1.165, 1.54) is 0 Å². The van der Waals surface area contributed by atoms with Crippen molar-refractivity contribution in [2.24, 2.45) is 0 Å². The van der Waals surface area contributed by atoms with Crippen molar-refractivity contribution in [3.63, 3.8) is 0 Å². The minimum atomic E-state index is 0.230. The minimum absolute atomic E-state index is 0.230. The molecule has 0 N–H and O–H groups in total. The zero-order valence-corrected chi connectivity index (χ0v) is 18.1. The number of halogens is 1. The molecule has 1 unspecified atom stereocenters. The molecule has 0 spiro atoms. The maximum atomic E-state index is 12.5. The summed E-state index contributed by atoms with van der Waals surface area (Å²) in [5.41, 5.74) is 0.887. The average Bonchev–Trinajstić information content (AvgIpc) is 3.23. The summed E-state index contributed by atoms with van der Waals surface area (Å²) in [4.78, 5) is 23.6. The maximum Gasteiger partial charge on any atom is 0.241 e. The molecule has 9 heteroatoms. The minimum Gasteiger partial charge on any atom is -0.378 e. The first-order valence-corrected chi connectivity index (χ1v) is 10.9. The highest BCUT2D eigenvalue weighted by atomic mass is 35.5. The summed E-state index contributed by atoms with van der Waals surface area (Å²) >= 11 is 5.93. The second kappa shape index (κ2) is 9.87. The van der Waals surface area contributed by atoms with Gasteiger partial charge in [-0.05, 0) is 31.2 Å². The number of hydrogen-bond donors (Lipinski definition) is 0. The number of aromatic nitrogens is 2. The van der Waals surface area contributed by atoms with Crippen LogP contribution >= 0.6 is 11.6 Å². The smallest absolute Gasteiger partial charge is 0.241 e. The van der Waals surface area contributed by atoms with E-state index in [4.69, 9.17) is 20.9 Å². The zero-order valence-electron chi connectivity index (χ0n) is 17.3. The molecule has 2 aliphatic heterocycles. The lowest BCUT2D eigenvalue weighted by Crippen LogP contribution is -2.51. The third-order valence-corrected chi connectivity index (χ3v) is 6.05. The van der Waals surface area contributed by atoms with Crippen molar-refractivity contribution in [1.29, 1.82) is 0 Å². The first-order chi connectivity index (χ1) is 14.6. The number of ether oxygens (including phenoxy) is 1. The largest absolute Gasteiger partial charge is 0.378 e. The fourth-order valence-electron chi connectivity index (χ4n) is 3.91. The summed E-state index contributed by atoms with van der Waals surface area (Å²) in [5.74, 6) is 1.42. The Morgan fingerprint density at radius 3 is 2.50 bits per heavy atom. The maximum absolute atomic E-state index is 12.5. The number of carbonyl (C=O) groups excluding carboxylic acids is 1. The van der Waals surface area contributed by atoms with E-state index in [0.717, 1.165) is 31.7 Å². The van der Waals surface area contributed by atoms with E-state index in [-0.39, 0.29) is 11.9 Å². The molecule has 1 aromatic carbocycles. The number of benzene rings is 1. The Morgan fingerprint density at radius 2 is 1.80 bits per heavy atom. The van der Waals surface area contributed by atoms with Crippen LogP contribution in [-0.4, -0.2) is 89.3 Å². The van der Waals surface area contributed by atoms with Crippen LogP contribution in [0.1, 0.15) is 19.2 Å².